The highest BCUT2D eigenvalue weighted by atomic mass is 16.5. The number of carbonyl (C=O) groups excluding carboxylic acids is 1. The van der Waals surface area contributed by atoms with E-state index in [4.69, 9.17) is 4.74 Å². The third-order valence-electron chi connectivity index (χ3n) is 4.83. The Morgan fingerprint density at radius 3 is 2.73 bits per heavy atom. The first-order valence-corrected chi connectivity index (χ1v) is 8.76. The summed E-state index contributed by atoms with van der Waals surface area (Å²) >= 11 is 0. The molecule has 0 fully saturated rings. The maximum atomic E-state index is 12.3. The molecule has 1 aliphatic rings. The largest absolute Gasteiger partial charge is 0.496 e. The average molecular weight is 347 g/mol. The Kier molecular flexibility index (Phi) is 4.44. The van der Waals surface area contributed by atoms with Crippen molar-refractivity contribution in [3.8, 4) is 5.75 Å². The van der Waals surface area contributed by atoms with Crippen molar-refractivity contribution >= 4 is 11.7 Å². The number of hydrogen-bond donors (Lipinski definition) is 1. The number of ether oxygens (including phenoxy) is 1. The normalized spacial score (nSPS) is 16.0. The van der Waals surface area contributed by atoms with Crippen molar-refractivity contribution in [2.24, 2.45) is 0 Å². The van der Waals surface area contributed by atoms with Crippen molar-refractivity contribution in [2.45, 2.75) is 25.3 Å². The lowest BCUT2D eigenvalue weighted by Crippen LogP contribution is -2.25. The zero-order valence-electron chi connectivity index (χ0n) is 14.7. The molecule has 0 spiro atoms. The van der Waals surface area contributed by atoms with Crippen LogP contribution in [0, 0.1) is 0 Å². The minimum absolute atomic E-state index is 0.0419. The summed E-state index contributed by atoms with van der Waals surface area (Å²) in [5.41, 5.74) is 3.36. The summed E-state index contributed by atoms with van der Waals surface area (Å²) in [6.07, 6.45) is 3.21. The maximum Gasteiger partial charge on any atom is 0.226 e. The zero-order chi connectivity index (χ0) is 17.9. The van der Waals surface area contributed by atoms with Crippen LogP contribution in [-0.2, 0) is 17.8 Å². The Bertz CT molecular complexity index is 918. The first kappa shape index (κ1) is 16.4. The van der Waals surface area contributed by atoms with Crippen molar-refractivity contribution in [1.82, 2.24) is 9.78 Å². The Hall–Kier alpha value is -3.08. The van der Waals surface area contributed by atoms with Gasteiger partial charge in [0, 0.05) is 23.5 Å². The van der Waals surface area contributed by atoms with Crippen LogP contribution in [0.4, 0.5) is 5.82 Å². The fraction of sp³-hybridized carbons (Fsp3) is 0.238. The molecule has 1 N–H and O–H groups in total. The number of anilines is 1. The van der Waals surface area contributed by atoms with Gasteiger partial charge in [-0.2, -0.15) is 5.10 Å². The second-order valence-electron chi connectivity index (χ2n) is 6.56. The smallest absolute Gasteiger partial charge is 0.226 e. The summed E-state index contributed by atoms with van der Waals surface area (Å²) in [6, 6.07) is 18.1. The van der Waals surface area contributed by atoms with E-state index < -0.39 is 0 Å². The van der Waals surface area contributed by atoms with E-state index in [0.29, 0.717) is 13.0 Å². The van der Waals surface area contributed by atoms with Gasteiger partial charge < -0.3 is 10.1 Å². The second-order valence-corrected chi connectivity index (χ2v) is 6.56. The van der Waals surface area contributed by atoms with Crippen LogP contribution in [-0.4, -0.2) is 22.8 Å². The van der Waals surface area contributed by atoms with Gasteiger partial charge in [-0.3, -0.25) is 4.79 Å². The highest BCUT2D eigenvalue weighted by Gasteiger charge is 2.29. The number of nitrogens with one attached hydrogen (secondary N) is 1. The van der Waals surface area contributed by atoms with E-state index in [1.165, 1.54) is 5.56 Å². The Balaban J connectivity index is 1.63. The lowest BCUT2D eigenvalue weighted by atomic mass is 9.88. The minimum Gasteiger partial charge on any atom is -0.496 e. The van der Waals surface area contributed by atoms with Crippen LogP contribution in [0.5, 0.6) is 5.75 Å². The molecule has 3 aromatic rings. The van der Waals surface area contributed by atoms with Gasteiger partial charge in [0.2, 0.25) is 5.91 Å². The molecule has 0 unspecified atom stereocenters. The summed E-state index contributed by atoms with van der Waals surface area (Å²) < 4.78 is 7.28. The maximum absolute atomic E-state index is 12.3. The number of rotatable bonds is 5. The predicted octanol–water partition coefficient (Wildman–Crippen LogP) is 3.61. The van der Waals surface area contributed by atoms with Gasteiger partial charge in [0.1, 0.15) is 11.6 Å². The van der Waals surface area contributed by atoms with Gasteiger partial charge in [-0.05, 0) is 18.1 Å². The Morgan fingerprint density at radius 1 is 1.15 bits per heavy atom. The summed E-state index contributed by atoms with van der Waals surface area (Å²) in [5, 5.41) is 7.54. The van der Waals surface area contributed by atoms with Crippen molar-refractivity contribution in [2.75, 3.05) is 12.4 Å². The number of hydrogen-bond acceptors (Lipinski definition) is 3. The SMILES string of the molecule is COc1ccccc1Cn1ncc2c1NC(=O)C[C@H]2Cc1ccccc1. The van der Waals surface area contributed by atoms with Crippen LogP contribution < -0.4 is 10.1 Å². The van der Waals surface area contributed by atoms with E-state index in [0.717, 1.165) is 29.1 Å². The fourth-order valence-corrected chi connectivity index (χ4v) is 3.55. The number of carbonyl (C=O) groups is 1. The van der Waals surface area contributed by atoms with Crippen LogP contribution in [0.1, 0.15) is 29.0 Å². The number of aromatic nitrogens is 2. The Labute approximate surface area is 152 Å². The average Bonchev–Trinajstić information content (AvgIpc) is 3.06. The lowest BCUT2D eigenvalue weighted by Gasteiger charge is -2.23. The molecule has 5 nitrogen and oxygen atoms in total. The van der Waals surface area contributed by atoms with Crippen molar-refractivity contribution in [3.05, 3.63) is 77.5 Å². The predicted molar refractivity (Wildman–Crippen MR) is 100 cm³/mol. The molecule has 5 heteroatoms. The quantitative estimate of drug-likeness (QED) is 0.767. The molecule has 2 aromatic carbocycles. The van der Waals surface area contributed by atoms with Crippen LogP contribution in [0.3, 0.4) is 0 Å². The number of amides is 1. The molecule has 0 saturated carbocycles. The molecular weight excluding hydrogens is 326 g/mol. The highest BCUT2D eigenvalue weighted by molar-refractivity contribution is 5.93. The molecule has 0 radical (unpaired) electrons. The summed E-state index contributed by atoms with van der Waals surface area (Å²) in [6.45, 7) is 0.553. The standard InChI is InChI=1S/C21H21N3O2/c1-26-19-10-6-5-9-16(19)14-24-21-18(13-22-24)17(12-20(25)23-21)11-15-7-3-2-4-8-15/h2-10,13,17H,11-12,14H2,1H3,(H,23,25)/t17-/m1/s1. The molecule has 4 rings (SSSR count). The van der Waals surface area contributed by atoms with E-state index in [9.17, 15) is 4.79 Å². The number of fused-ring (bicyclic) bond motifs is 1. The van der Waals surface area contributed by atoms with Gasteiger partial charge in [-0.15, -0.1) is 0 Å². The molecule has 26 heavy (non-hydrogen) atoms. The molecule has 2 heterocycles. The molecule has 0 bridgehead atoms. The number of para-hydroxylation sites is 1. The van der Waals surface area contributed by atoms with Crippen LogP contribution in [0.15, 0.2) is 60.8 Å². The van der Waals surface area contributed by atoms with Gasteiger partial charge in [-0.25, -0.2) is 4.68 Å². The minimum atomic E-state index is 0.0419. The fourth-order valence-electron chi connectivity index (χ4n) is 3.55. The molecular formula is C21H21N3O2. The third kappa shape index (κ3) is 3.20. The molecule has 1 aromatic heterocycles. The first-order valence-electron chi connectivity index (χ1n) is 8.76. The van der Waals surface area contributed by atoms with Gasteiger partial charge in [0.15, 0.2) is 0 Å². The lowest BCUT2D eigenvalue weighted by molar-refractivity contribution is -0.116. The van der Waals surface area contributed by atoms with E-state index in [2.05, 4.69) is 22.5 Å². The molecule has 0 aliphatic carbocycles. The number of methoxy groups -OCH3 is 1. The van der Waals surface area contributed by atoms with E-state index in [-0.39, 0.29) is 11.8 Å². The van der Waals surface area contributed by atoms with Gasteiger partial charge in [-0.1, -0.05) is 48.5 Å². The van der Waals surface area contributed by atoms with Crippen molar-refractivity contribution in [1.29, 1.82) is 0 Å². The molecule has 1 atom stereocenters. The van der Waals surface area contributed by atoms with Gasteiger partial charge in [0.05, 0.1) is 19.9 Å². The van der Waals surface area contributed by atoms with E-state index in [1.54, 1.807) is 7.11 Å². The molecule has 0 saturated heterocycles. The summed E-state index contributed by atoms with van der Waals surface area (Å²) in [4.78, 5) is 12.3. The topological polar surface area (TPSA) is 56.1 Å². The van der Waals surface area contributed by atoms with Gasteiger partial charge in [0.25, 0.3) is 0 Å². The molecule has 132 valence electrons. The van der Waals surface area contributed by atoms with E-state index in [1.807, 2.05) is 53.3 Å². The number of benzene rings is 2. The molecule has 1 amide bonds. The zero-order valence-corrected chi connectivity index (χ0v) is 14.7. The molecule has 1 aliphatic heterocycles. The monoisotopic (exact) mass is 347 g/mol. The third-order valence-corrected chi connectivity index (χ3v) is 4.83. The van der Waals surface area contributed by atoms with Gasteiger partial charge >= 0.3 is 0 Å². The summed E-state index contributed by atoms with van der Waals surface area (Å²) in [7, 11) is 1.66. The summed E-state index contributed by atoms with van der Waals surface area (Å²) in [5.74, 6) is 1.81. The van der Waals surface area contributed by atoms with Crippen LogP contribution in [0.25, 0.3) is 0 Å². The van der Waals surface area contributed by atoms with E-state index >= 15 is 0 Å². The van der Waals surface area contributed by atoms with Crippen LogP contribution >= 0.6 is 0 Å². The Morgan fingerprint density at radius 2 is 1.92 bits per heavy atom. The highest BCUT2D eigenvalue weighted by Crippen LogP contribution is 2.35. The van der Waals surface area contributed by atoms with Crippen LogP contribution in [0.2, 0.25) is 0 Å². The van der Waals surface area contributed by atoms with Crippen molar-refractivity contribution < 1.29 is 9.53 Å². The number of nitrogens with zero attached hydrogens (tertiary/aromatic N) is 2. The first-order chi connectivity index (χ1) is 12.7. The second kappa shape index (κ2) is 7.04. The van der Waals surface area contributed by atoms with Crippen molar-refractivity contribution in [3.63, 3.8) is 0 Å².